The molecular weight excluding hydrogens is 745 g/mol. The zero-order valence-electron chi connectivity index (χ0n) is 33.0. The summed E-state index contributed by atoms with van der Waals surface area (Å²) in [6, 6.07) is 70.9. The molecule has 0 unspecified atom stereocenters. The molecule has 11 aromatic rings. The molecule has 6 heteroatoms. The first-order chi connectivity index (χ1) is 30.2. The number of benzene rings is 6. The fraction of sp³-hybridized carbons (Fsp3) is 0. The number of pyridine rings is 3. The number of para-hydroxylation sites is 2. The number of nitrogens with zero attached hydrogens (tertiary/aromatic N) is 6. The van der Waals surface area contributed by atoms with E-state index in [-0.39, 0.29) is 0 Å². The van der Waals surface area contributed by atoms with Gasteiger partial charge in [-0.2, -0.15) is 0 Å². The third-order valence-electron chi connectivity index (χ3n) is 11.1. The molecule has 0 aliphatic carbocycles. The van der Waals surface area contributed by atoms with Crippen molar-refractivity contribution in [2.45, 2.75) is 0 Å². The molecule has 0 saturated carbocycles. The molecule has 0 radical (unpaired) electrons. The van der Waals surface area contributed by atoms with Crippen molar-refractivity contribution in [2.24, 2.45) is 0 Å². The first-order valence-corrected chi connectivity index (χ1v) is 20.3. The van der Waals surface area contributed by atoms with Crippen LogP contribution in [0.15, 0.2) is 219 Å². The number of hydrogen-bond donors (Lipinski definition) is 0. The van der Waals surface area contributed by atoms with E-state index in [0.29, 0.717) is 5.82 Å². The highest BCUT2D eigenvalue weighted by Crippen LogP contribution is 2.34. The van der Waals surface area contributed by atoms with Crippen molar-refractivity contribution < 1.29 is 0 Å². The fourth-order valence-electron chi connectivity index (χ4n) is 8.08. The average Bonchev–Trinajstić information content (AvgIpc) is 3.69. The van der Waals surface area contributed by atoms with Gasteiger partial charge in [0.15, 0.2) is 5.82 Å². The van der Waals surface area contributed by atoms with E-state index >= 15 is 0 Å². The van der Waals surface area contributed by atoms with Crippen LogP contribution in [-0.2, 0) is 0 Å². The lowest BCUT2D eigenvalue weighted by molar-refractivity contribution is 1.13. The van der Waals surface area contributed by atoms with Gasteiger partial charge >= 0.3 is 0 Å². The highest BCUT2D eigenvalue weighted by atomic mass is 15.0. The summed E-state index contributed by atoms with van der Waals surface area (Å²) in [7, 11) is 0. The molecule has 5 heterocycles. The molecule has 5 aromatic heterocycles. The molecule has 0 aliphatic heterocycles. The molecular formula is C55H36N6. The smallest absolute Gasteiger partial charge is 0.160 e. The monoisotopic (exact) mass is 780 g/mol. The Morgan fingerprint density at radius 1 is 0.279 bits per heavy atom. The van der Waals surface area contributed by atoms with E-state index in [2.05, 4.69) is 162 Å². The van der Waals surface area contributed by atoms with Gasteiger partial charge in [-0.3, -0.25) is 9.97 Å². The molecule has 286 valence electrons. The Hall–Kier alpha value is -8.35. The maximum atomic E-state index is 5.15. The van der Waals surface area contributed by atoms with Crippen LogP contribution in [0.3, 0.4) is 0 Å². The van der Waals surface area contributed by atoms with Gasteiger partial charge in [-0.1, -0.05) is 158 Å². The molecule has 0 fully saturated rings. The predicted octanol–water partition coefficient (Wildman–Crippen LogP) is 13.4. The lowest BCUT2D eigenvalue weighted by Gasteiger charge is -2.12. The minimum atomic E-state index is 0.677. The summed E-state index contributed by atoms with van der Waals surface area (Å²) in [6.45, 7) is 0. The normalized spacial score (nSPS) is 11.3. The van der Waals surface area contributed by atoms with Gasteiger partial charge in [-0.15, -0.1) is 0 Å². The standard InChI is InChI=1S/C55H36N6/c1-4-14-37(15-5-1)43-32-51(58-52(33-43)48-31-29-44(36-57-48)61-53-22-12-10-20-45(53)46-21-11-13-23-54(46)61)47-30-28-42(35-56-47)38-24-26-41(27-25-38)55-59-49(39-16-6-2-7-17-39)34-50(60-55)40-18-8-3-9-19-40/h1-36H. The van der Waals surface area contributed by atoms with E-state index in [9.17, 15) is 0 Å². The minimum Gasteiger partial charge on any atom is -0.308 e. The number of rotatable bonds is 8. The van der Waals surface area contributed by atoms with Gasteiger partial charge in [0, 0.05) is 39.2 Å². The SMILES string of the molecule is c1ccc(-c2cc(-c3ccc(-c4ccc(-c5nc(-c6ccccc6)cc(-c6ccccc6)n5)cc4)cn3)nc(-c3ccc(-n4c5ccccc5c5ccccc54)cn3)c2)cc1. The summed E-state index contributed by atoms with van der Waals surface area (Å²) in [6.07, 6.45) is 3.86. The van der Waals surface area contributed by atoms with Crippen LogP contribution in [0.2, 0.25) is 0 Å². The second-order valence-corrected chi connectivity index (χ2v) is 15.0. The van der Waals surface area contributed by atoms with Gasteiger partial charge in [0.25, 0.3) is 0 Å². The molecule has 6 nitrogen and oxygen atoms in total. The van der Waals surface area contributed by atoms with Crippen molar-refractivity contribution in [1.29, 1.82) is 0 Å². The Kier molecular flexibility index (Phi) is 9.06. The van der Waals surface area contributed by atoms with Crippen molar-refractivity contribution in [3.05, 3.63) is 219 Å². The minimum absolute atomic E-state index is 0.677. The molecule has 0 atom stereocenters. The van der Waals surface area contributed by atoms with Crippen LogP contribution < -0.4 is 0 Å². The Balaban J connectivity index is 0.912. The van der Waals surface area contributed by atoms with E-state index in [4.69, 9.17) is 24.9 Å². The van der Waals surface area contributed by atoms with Crippen molar-refractivity contribution in [2.75, 3.05) is 0 Å². The lowest BCUT2D eigenvalue weighted by atomic mass is 10.0. The summed E-state index contributed by atoms with van der Waals surface area (Å²) in [4.78, 5) is 25.1. The zero-order chi connectivity index (χ0) is 40.5. The first kappa shape index (κ1) is 35.8. The van der Waals surface area contributed by atoms with Gasteiger partial charge in [0.05, 0.1) is 57.1 Å². The van der Waals surface area contributed by atoms with E-state index in [1.165, 1.54) is 10.8 Å². The molecule has 0 spiro atoms. The van der Waals surface area contributed by atoms with Crippen LogP contribution >= 0.6 is 0 Å². The number of hydrogen-bond acceptors (Lipinski definition) is 5. The maximum Gasteiger partial charge on any atom is 0.160 e. The van der Waals surface area contributed by atoms with Crippen molar-refractivity contribution in [3.8, 4) is 84.6 Å². The van der Waals surface area contributed by atoms with Crippen molar-refractivity contribution in [1.82, 2.24) is 29.5 Å². The molecule has 61 heavy (non-hydrogen) atoms. The van der Waals surface area contributed by atoms with E-state index in [1.807, 2.05) is 60.9 Å². The Morgan fingerprint density at radius 3 is 1.26 bits per heavy atom. The van der Waals surface area contributed by atoms with Crippen molar-refractivity contribution >= 4 is 21.8 Å². The molecule has 0 bridgehead atoms. The quantitative estimate of drug-likeness (QED) is 0.154. The van der Waals surface area contributed by atoms with Gasteiger partial charge in [0.2, 0.25) is 0 Å². The summed E-state index contributed by atoms with van der Waals surface area (Å²) >= 11 is 0. The third-order valence-corrected chi connectivity index (χ3v) is 11.1. The van der Waals surface area contributed by atoms with Crippen LogP contribution in [0.5, 0.6) is 0 Å². The zero-order valence-corrected chi connectivity index (χ0v) is 33.0. The Labute approximate surface area is 353 Å². The maximum absolute atomic E-state index is 5.15. The predicted molar refractivity (Wildman–Crippen MR) is 248 cm³/mol. The summed E-state index contributed by atoms with van der Waals surface area (Å²) in [5.74, 6) is 0.677. The molecule has 0 saturated heterocycles. The molecule has 0 amide bonds. The molecule has 0 aliphatic rings. The summed E-state index contributed by atoms with van der Waals surface area (Å²) < 4.78 is 2.28. The van der Waals surface area contributed by atoms with E-state index < -0.39 is 0 Å². The van der Waals surface area contributed by atoms with Crippen LogP contribution in [0.1, 0.15) is 0 Å². The highest BCUT2D eigenvalue weighted by Gasteiger charge is 2.15. The second kappa shape index (κ2) is 15.4. The van der Waals surface area contributed by atoms with Crippen LogP contribution in [-0.4, -0.2) is 29.5 Å². The average molecular weight is 781 g/mol. The van der Waals surface area contributed by atoms with Crippen molar-refractivity contribution in [3.63, 3.8) is 0 Å². The second-order valence-electron chi connectivity index (χ2n) is 15.0. The van der Waals surface area contributed by atoms with Crippen LogP contribution in [0.25, 0.3) is 106 Å². The molecule has 6 aromatic carbocycles. The van der Waals surface area contributed by atoms with E-state index in [0.717, 1.165) is 89.8 Å². The highest BCUT2D eigenvalue weighted by molar-refractivity contribution is 6.09. The Bertz CT molecular complexity index is 3200. The fourth-order valence-corrected chi connectivity index (χ4v) is 8.08. The number of fused-ring (bicyclic) bond motifs is 3. The Morgan fingerprint density at radius 2 is 0.738 bits per heavy atom. The van der Waals surface area contributed by atoms with Gasteiger partial charge in [-0.25, -0.2) is 15.0 Å². The van der Waals surface area contributed by atoms with Gasteiger partial charge < -0.3 is 4.57 Å². The summed E-state index contributed by atoms with van der Waals surface area (Å²) in [5, 5.41) is 2.44. The number of aromatic nitrogens is 6. The lowest BCUT2D eigenvalue weighted by Crippen LogP contribution is -1.97. The topological polar surface area (TPSA) is 69.4 Å². The largest absolute Gasteiger partial charge is 0.308 e. The third kappa shape index (κ3) is 6.92. The first-order valence-electron chi connectivity index (χ1n) is 20.3. The molecule has 0 N–H and O–H groups in total. The molecule has 11 rings (SSSR count). The van der Waals surface area contributed by atoms with Crippen LogP contribution in [0, 0.1) is 0 Å². The van der Waals surface area contributed by atoms with Gasteiger partial charge in [-0.05, 0) is 65.2 Å². The van der Waals surface area contributed by atoms with Crippen LogP contribution in [0.4, 0.5) is 0 Å². The van der Waals surface area contributed by atoms with Gasteiger partial charge in [0.1, 0.15) is 0 Å². The van der Waals surface area contributed by atoms with E-state index in [1.54, 1.807) is 0 Å². The summed E-state index contributed by atoms with van der Waals surface area (Å²) in [5.41, 5.74) is 15.4.